The molecule has 1 aliphatic heterocycles. The molecule has 0 atom stereocenters. The van der Waals surface area contributed by atoms with E-state index in [0.29, 0.717) is 0 Å². The Balaban J connectivity index is 0.00000225. The highest BCUT2D eigenvalue weighted by Gasteiger charge is 2.09. The van der Waals surface area contributed by atoms with Gasteiger partial charge in [-0.25, -0.2) is 0 Å². The van der Waals surface area contributed by atoms with Gasteiger partial charge < -0.3 is 15.5 Å². The molecule has 1 heterocycles. The van der Waals surface area contributed by atoms with Gasteiger partial charge in [-0.05, 0) is 45.3 Å². The molecule has 0 spiro atoms. The Morgan fingerprint density at radius 3 is 2.50 bits per heavy atom. The molecule has 0 bridgehead atoms. The fraction of sp³-hybridized carbons (Fsp3) is 0.909. The fourth-order valence-corrected chi connectivity index (χ4v) is 1.95. The standard InChI is InChI=1S/C11H24N4.HI/c1-12-11(13-2)14-7-3-4-8-15-9-5-6-10-15;/h3-10H2,1-2H3,(H2,12,13,14);1H. The summed E-state index contributed by atoms with van der Waals surface area (Å²) in [6.07, 6.45) is 5.29. The molecule has 0 saturated carbocycles. The van der Waals surface area contributed by atoms with Crippen molar-refractivity contribution in [1.82, 2.24) is 15.5 Å². The van der Waals surface area contributed by atoms with E-state index in [0.717, 1.165) is 12.5 Å². The van der Waals surface area contributed by atoms with Gasteiger partial charge in [-0.2, -0.15) is 0 Å². The van der Waals surface area contributed by atoms with E-state index in [1.807, 2.05) is 7.05 Å². The summed E-state index contributed by atoms with van der Waals surface area (Å²) in [5.41, 5.74) is 0. The number of halogens is 1. The molecule has 16 heavy (non-hydrogen) atoms. The molecule has 1 saturated heterocycles. The summed E-state index contributed by atoms with van der Waals surface area (Å²) in [6.45, 7) is 4.90. The van der Waals surface area contributed by atoms with Crippen LogP contribution in [0.5, 0.6) is 0 Å². The number of rotatable bonds is 5. The van der Waals surface area contributed by atoms with Gasteiger partial charge in [-0.15, -0.1) is 24.0 Å². The van der Waals surface area contributed by atoms with E-state index in [4.69, 9.17) is 0 Å². The molecule has 0 aromatic carbocycles. The monoisotopic (exact) mass is 340 g/mol. The molecular formula is C11H25IN4. The Labute approximate surface area is 116 Å². The van der Waals surface area contributed by atoms with Crippen molar-refractivity contribution in [3.8, 4) is 0 Å². The average molecular weight is 340 g/mol. The zero-order valence-corrected chi connectivity index (χ0v) is 12.8. The third-order valence-corrected chi connectivity index (χ3v) is 2.85. The minimum atomic E-state index is 0. The minimum absolute atomic E-state index is 0. The zero-order chi connectivity index (χ0) is 10.9. The van der Waals surface area contributed by atoms with Crippen LogP contribution in [-0.2, 0) is 0 Å². The summed E-state index contributed by atoms with van der Waals surface area (Å²) in [4.78, 5) is 6.63. The number of hydrogen-bond acceptors (Lipinski definition) is 2. The molecule has 1 rings (SSSR count). The van der Waals surface area contributed by atoms with Crippen molar-refractivity contribution in [1.29, 1.82) is 0 Å². The van der Waals surface area contributed by atoms with Crippen molar-refractivity contribution in [2.45, 2.75) is 25.7 Å². The second-order valence-corrected chi connectivity index (χ2v) is 4.00. The smallest absolute Gasteiger partial charge is 0.190 e. The third kappa shape index (κ3) is 6.52. The molecule has 1 aliphatic rings. The SMILES string of the molecule is CN=C(NC)NCCCCN1CCCC1.I. The Kier molecular flexibility index (Phi) is 10.1. The summed E-state index contributed by atoms with van der Waals surface area (Å²) in [7, 11) is 3.68. The predicted molar refractivity (Wildman–Crippen MR) is 80.7 cm³/mol. The molecule has 0 amide bonds. The van der Waals surface area contributed by atoms with Crippen LogP contribution in [0.2, 0.25) is 0 Å². The molecule has 0 aromatic heterocycles. The molecule has 0 aromatic rings. The van der Waals surface area contributed by atoms with Crippen molar-refractivity contribution in [3.63, 3.8) is 0 Å². The van der Waals surface area contributed by atoms with Crippen LogP contribution in [0.15, 0.2) is 4.99 Å². The summed E-state index contributed by atoms with van der Waals surface area (Å²) < 4.78 is 0. The Morgan fingerprint density at radius 1 is 1.25 bits per heavy atom. The van der Waals surface area contributed by atoms with Crippen LogP contribution in [0.4, 0.5) is 0 Å². The number of nitrogens with one attached hydrogen (secondary N) is 2. The molecule has 0 aliphatic carbocycles. The van der Waals surface area contributed by atoms with Crippen molar-refractivity contribution >= 4 is 29.9 Å². The zero-order valence-electron chi connectivity index (χ0n) is 10.5. The van der Waals surface area contributed by atoms with Crippen molar-refractivity contribution < 1.29 is 0 Å². The van der Waals surface area contributed by atoms with Gasteiger partial charge in [0.05, 0.1) is 0 Å². The quantitative estimate of drug-likeness (QED) is 0.343. The summed E-state index contributed by atoms with van der Waals surface area (Å²) in [5, 5.41) is 6.28. The van der Waals surface area contributed by atoms with Gasteiger partial charge in [-0.1, -0.05) is 0 Å². The number of hydrogen-bond donors (Lipinski definition) is 2. The van der Waals surface area contributed by atoms with Crippen LogP contribution in [-0.4, -0.2) is 51.1 Å². The maximum Gasteiger partial charge on any atom is 0.190 e. The van der Waals surface area contributed by atoms with Crippen LogP contribution in [0.3, 0.4) is 0 Å². The number of likely N-dealkylation sites (tertiary alicyclic amines) is 1. The minimum Gasteiger partial charge on any atom is -0.359 e. The van der Waals surface area contributed by atoms with Gasteiger partial charge in [0.25, 0.3) is 0 Å². The number of nitrogens with zero attached hydrogens (tertiary/aromatic N) is 2. The highest BCUT2D eigenvalue weighted by atomic mass is 127. The molecule has 4 nitrogen and oxygen atoms in total. The Morgan fingerprint density at radius 2 is 1.94 bits per heavy atom. The summed E-state index contributed by atoms with van der Waals surface area (Å²) in [5.74, 6) is 0.885. The highest BCUT2D eigenvalue weighted by Crippen LogP contribution is 2.07. The van der Waals surface area contributed by atoms with E-state index >= 15 is 0 Å². The number of aliphatic imine (C=N–C) groups is 1. The molecule has 0 unspecified atom stereocenters. The lowest BCUT2D eigenvalue weighted by Crippen LogP contribution is -2.35. The lowest BCUT2D eigenvalue weighted by atomic mass is 10.3. The second-order valence-electron chi connectivity index (χ2n) is 4.00. The maximum atomic E-state index is 4.07. The first-order valence-corrected chi connectivity index (χ1v) is 5.97. The van der Waals surface area contributed by atoms with Crippen LogP contribution in [0, 0.1) is 0 Å². The fourth-order valence-electron chi connectivity index (χ4n) is 1.95. The molecule has 1 fully saturated rings. The van der Waals surface area contributed by atoms with Crippen molar-refractivity contribution in [2.75, 3.05) is 40.3 Å². The third-order valence-electron chi connectivity index (χ3n) is 2.85. The maximum absolute atomic E-state index is 4.07. The Hall–Kier alpha value is -0.0400. The summed E-state index contributed by atoms with van der Waals surface area (Å²) >= 11 is 0. The largest absolute Gasteiger partial charge is 0.359 e. The topological polar surface area (TPSA) is 39.7 Å². The van der Waals surface area contributed by atoms with Gasteiger partial charge in [0.2, 0.25) is 0 Å². The van der Waals surface area contributed by atoms with Crippen LogP contribution in [0.1, 0.15) is 25.7 Å². The Bertz CT molecular complexity index is 190. The van der Waals surface area contributed by atoms with E-state index in [-0.39, 0.29) is 24.0 Å². The highest BCUT2D eigenvalue weighted by molar-refractivity contribution is 14.0. The van der Waals surface area contributed by atoms with E-state index in [2.05, 4.69) is 20.5 Å². The lowest BCUT2D eigenvalue weighted by Gasteiger charge is -2.14. The molecule has 2 N–H and O–H groups in total. The first-order chi connectivity index (χ1) is 7.36. The van der Waals surface area contributed by atoms with Gasteiger partial charge >= 0.3 is 0 Å². The number of guanidine groups is 1. The van der Waals surface area contributed by atoms with Crippen LogP contribution >= 0.6 is 24.0 Å². The van der Waals surface area contributed by atoms with E-state index in [1.54, 1.807) is 7.05 Å². The van der Waals surface area contributed by atoms with Gasteiger partial charge in [0.15, 0.2) is 5.96 Å². The predicted octanol–water partition coefficient (Wildman–Crippen LogP) is 1.28. The first kappa shape index (κ1) is 16.0. The normalized spacial score (nSPS) is 17.0. The van der Waals surface area contributed by atoms with E-state index in [9.17, 15) is 0 Å². The van der Waals surface area contributed by atoms with Crippen molar-refractivity contribution in [2.24, 2.45) is 4.99 Å². The number of unbranched alkanes of at least 4 members (excludes halogenated alkanes) is 1. The van der Waals surface area contributed by atoms with E-state index < -0.39 is 0 Å². The van der Waals surface area contributed by atoms with E-state index in [1.165, 1.54) is 45.3 Å². The van der Waals surface area contributed by atoms with Gasteiger partial charge in [0, 0.05) is 20.6 Å². The first-order valence-electron chi connectivity index (χ1n) is 5.97. The van der Waals surface area contributed by atoms with Gasteiger partial charge in [-0.3, -0.25) is 4.99 Å². The molecular weight excluding hydrogens is 315 g/mol. The lowest BCUT2D eigenvalue weighted by molar-refractivity contribution is 0.330. The summed E-state index contributed by atoms with van der Waals surface area (Å²) in [6, 6.07) is 0. The molecule has 5 heteroatoms. The van der Waals surface area contributed by atoms with Crippen LogP contribution < -0.4 is 10.6 Å². The molecule has 0 radical (unpaired) electrons. The van der Waals surface area contributed by atoms with Crippen LogP contribution in [0.25, 0.3) is 0 Å². The molecule has 96 valence electrons. The van der Waals surface area contributed by atoms with Crippen molar-refractivity contribution in [3.05, 3.63) is 0 Å². The van der Waals surface area contributed by atoms with Gasteiger partial charge in [0.1, 0.15) is 0 Å². The second kappa shape index (κ2) is 10.1. The average Bonchev–Trinajstić information content (AvgIpc) is 2.76.